The monoisotopic (exact) mass is 554 g/mol. The van der Waals surface area contributed by atoms with E-state index in [1.54, 1.807) is 44.2 Å². The minimum absolute atomic E-state index is 0.339. The van der Waals surface area contributed by atoms with Gasteiger partial charge in [-0.3, -0.25) is 19.3 Å². The smallest absolute Gasteiger partial charge is 0.323 e. The van der Waals surface area contributed by atoms with Crippen LogP contribution in [0, 0.1) is 12.3 Å². The van der Waals surface area contributed by atoms with Gasteiger partial charge in [-0.25, -0.2) is 9.48 Å². The van der Waals surface area contributed by atoms with Crippen LogP contribution in [0.25, 0.3) is 0 Å². The molecule has 1 aromatic rings. The summed E-state index contributed by atoms with van der Waals surface area (Å²) in [7, 11) is 0. The van der Waals surface area contributed by atoms with Crippen LogP contribution in [0.1, 0.15) is 27.2 Å². The van der Waals surface area contributed by atoms with Crippen LogP contribution < -0.4 is 9.61 Å². The number of halogens is 1. The van der Waals surface area contributed by atoms with Crippen molar-refractivity contribution >= 4 is 36.1 Å². The molecule has 1 amide bonds. The second kappa shape index (κ2) is 11.8. The number of nitrogens with one attached hydrogen (secondary N) is 1. The molecule has 2 N–H and O–H groups in total. The highest BCUT2D eigenvalue weighted by molar-refractivity contribution is 8.09. The number of rotatable bonds is 10. The normalized spacial score (nSPS) is 28.0. The highest BCUT2D eigenvalue weighted by atomic mass is 32.5. The van der Waals surface area contributed by atoms with Gasteiger partial charge in [0.25, 0.3) is 0 Å². The fourth-order valence-electron chi connectivity index (χ4n) is 3.57. The Morgan fingerprint density at radius 1 is 1.38 bits per heavy atom. The molecule has 2 heterocycles. The summed E-state index contributed by atoms with van der Waals surface area (Å²) in [6.45, 7) is 0.884. The Bertz CT molecular complexity index is 1140. The number of aliphatic hydroxyl groups is 1. The number of alkyl halides is 1. The first kappa shape index (κ1) is 28.9. The van der Waals surface area contributed by atoms with Gasteiger partial charge in [-0.15, -0.1) is 6.42 Å². The molecule has 10 nitrogen and oxygen atoms in total. The summed E-state index contributed by atoms with van der Waals surface area (Å²) < 4.78 is 38.2. The first-order chi connectivity index (χ1) is 17.4. The molecule has 2 aliphatic heterocycles. The molecule has 0 aromatic heterocycles. The van der Waals surface area contributed by atoms with Crippen LogP contribution in [-0.2, 0) is 40.2 Å². The summed E-state index contributed by atoms with van der Waals surface area (Å²) in [6.07, 6.45) is 1.68. The lowest BCUT2D eigenvalue weighted by atomic mass is 9.96. The molecule has 0 saturated carbocycles. The SMILES string of the molecule is C#C[C@@]1(F)[C@H](O)[C@@H](COP(=S)(N[C@@H](C)C(=O)OC(C)C)Oc2ccccc2)O[C@H]1N1C=CC(=O)CC1=O. The molecule has 1 unspecified atom stereocenters. The third-order valence-electron chi connectivity index (χ3n) is 5.39. The quantitative estimate of drug-likeness (QED) is 0.192. The molecule has 6 atom stereocenters. The van der Waals surface area contributed by atoms with Gasteiger partial charge < -0.3 is 23.6 Å². The van der Waals surface area contributed by atoms with Crippen LogP contribution in [0.4, 0.5) is 4.39 Å². The van der Waals surface area contributed by atoms with E-state index < -0.39 is 67.5 Å². The number of allylic oxidation sites excluding steroid dienone is 1. The average molecular weight is 555 g/mol. The summed E-state index contributed by atoms with van der Waals surface area (Å²) in [6, 6.07) is 7.50. The number of terminal acetylenes is 1. The van der Waals surface area contributed by atoms with Gasteiger partial charge in [-0.1, -0.05) is 24.1 Å². The molecule has 13 heteroatoms. The van der Waals surface area contributed by atoms with E-state index in [1.807, 2.05) is 5.92 Å². The van der Waals surface area contributed by atoms with Crippen LogP contribution in [0.2, 0.25) is 0 Å². The third kappa shape index (κ3) is 6.82. The molecule has 1 saturated heterocycles. The number of esters is 1. The van der Waals surface area contributed by atoms with Gasteiger partial charge in [0.1, 0.15) is 24.0 Å². The molecular weight excluding hydrogens is 526 g/mol. The van der Waals surface area contributed by atoms with Gasteiger partial charge in [0.15, 0.2) is 12.0 Å². The van der Waals surface area contributed by atoms with Gasteiger partial charge in [-0.2, -0.15) is 0 Å². The topological polar surface area (TPSA) is 124 Å². The number of ketones is 1. The van der Waals surface area contributed by atoms with E-state index in [9.17, 15) is 19.5 Å². The molecule has 0 spiro atoms. The van der Waals surface area contributed by atoms with E-state index >= 15 is 4.39 Å². The van der Waals surface area contributed by atoms with Crippen molar-refractivity contribution in [3.05, 3.63) is 42.6 Å². The van der Waals surface area contributed by atoms with Crippen LogP contribution in [0.3, 0.4) is 0 Å². The van der Waals surface area contributed by atoms with Crippen molar-refractivity contribution in [2.24, 2.45) is 0 Å². The number of para-hydroxylation sites is 1. The molecule has 1 fully saturated rings. The number of nitrogens with zero attached hydrogens (tertiary/aromatic N) is 1. The van der Waals surface area contributed by atoms with E-state index in [-0.39, 0.29) is 6.10 Å². The zero-order valence-corrected chi connectivity index (χ0v) is 22.1. The fourth-order valence-corrected chi connectivity index (χ4v) is 5.99. The molecule has 0 radical (unpaired) electrons. The Morgan fingerprint density at radius 2 is 2.05 bits per heavy atom. The summed E-state index contributed by atoms with van der Waals surface area (Å²) >= 11 is 5.60. The first-order valence-corrected chi connectivity index (χ1v) is 14.0. The lowest BCUT2D eigenvalue weighted by Crippen LogP contribution is -2.52. The van der Waals surface area contributed by atoms with E-state index in [1.165, 1.54) is 6.92 Å². The average Bonchev–Trinajstić information content (AvgIpc) is 3.08. The van der Waals surface area contributed by atoms with E-state index in [4.69, 9.17) is 36.8 Å². The molecule has 37 heavy (non-hydrogen) atoms. The highest BCUT2D eigenvalue weighted by Crippen LogP contribution is 2.47. The minimum Gasteiger partial charge on any atom is -0.462 e. The summed E-state index contributed by atoms with van der Waals surface area (Å²) in [5.74, 6) is 0.415. The van der Waals surface area contributed by atoms with Gasteiger partial charge >= 0.3 is 12.6 Å². The maximum atomic E-state index is 15.7. The van der Waals surface area contributed by atoms with Crippen molar-refractivity contribution in [1.29, 1.82) is 0 Å². The Morgan fingerprint density at radius 3 is 2.65 bits per heavy atom. The van der Waals surface area contributed by atoms with Crippen molar-refractivity contribution in [2.75, 3.05) is 6.61 Å². The second-order valence-corrected chi connectivity index (χ2v) is 11.8. The molecule has 200 valence electrons. The second-order valence-electron chi connectivity index (χ2n) is 8.68. The number of carbonyl (C=O) groups excluding carboxylic acids is 3. The highest BCUT2D eigenvalue weighted by Gasteiger charge is 2.60. The number of carbonyl (C=O) groups is 3. The van der Waals surface area contributed by atoms with E-state index in [0.717, 1.165) is 17.2 Å². The van der Waals surface area contributed by atoms with Gasteiger partial charge in [-0.05, 0) is 50.8 Å². The first-order valence-electron chi connectivity index (χ1n) is 11.4. The van der Waals surface area contributed by atoms with Crippen molar-refractivity contribution in [1.82, 2.24) is 9.99 Å². The summed E-state index contributed by atoms with van der Waals surface area (Å²) in [4.78, 5) is 37.0. The maximum Gasteiger partial charge on any atom is 0.323 e. The number of ether oxygens (including phenoxy) is 2. The van der Waals surface area contributed by atoms with Crippen LogP contribution in [0.5, 0.6) is 5.75 Å². The number of aliphatic hydroxyl groups excluding tert-OH is 1. The Hall–Kier alpha value is -2.65. The van der Waals surface area contributed by atoms with E-state index in [0.29, 0.717) is 5.75 Å². The Kier molecular flexibility index (Phi) is 9.23. The molecule has 0 aliphatic carbocycles. The zero-order valence-electron chi connectivity index (χ0n) is 20.4. The molecule has 2 aliphatic rings. The summed E-state index contributed by atoms with van der Waals surface area (Å²) in [5.41, 5.74) is -2.81. The lowest BCUT2D eigenvalue weighted by Gasteiger charge is -2.32. The number of amides is 1. The largest absolute Gasteiger partial charge is 0.462 e. The van der Waals surface area contributed by atoms with Crippen molar-refractivity contribution < 1.29 is 42.4 Å². The molecular formula is C24H28FN2O8PS. The van der Waals surface area contributed by atoms with Crippen LogP contribution >= 0.6 is 6.64 Å². The predicted octanol–water partition coefficient (Wildman–Crippen LogP) is 1.98. The molecule has 3 rings (SSSR count). The summed E-state index contributed by atoms with van der Waals surface area (Å²) in [5, 5.41) is 13.5. The Labute approximate surface area is 219 Å². The maximum absolute atomic E-state index is 15.7. The lowest BCUT2D eigenvalue weighted by molar-refractivity contribution is -0.149. The van der Waals surface area contributed by atoms with E-state index in [2.05, 4.69) is 5.09 Å². The number of hydrogen-bond acceptors (Lipinski definition) is 9. The van der Waals surface area contributed by atoms with Gasteiger partial charge in [0.05, 0.1) is 19.1 Å². The third-order valence-corrected chi connectivity index (χ3v) is 7.89. The fraction of sp³-hybridized carbons (Fsp3) is 0.458. The van der Waals surface area contributed by atoms with Gasteiger partial charge in [0.2, 0.25) is 11.6 Å². The number of hydrogen-bond donors (Lipinski definition) is 2. The Balaban J connectivity index is 1.80. The molecule has 1 aromatic carbocycles. The zero-order chi connectivity index (χ0) is 27.4. The molecule has 0 bridgehead atoms. The standard InChI is InChI=1S/C24H28FN2O8PS/c1-5-24(25)21(30)19(34-23(24)27-12-11-17(28)13-20(27)29)14-32-36(37,35-18-9-7-6-8-10-18)26-16(4)22(31)33-15(2)3/h1,6-12,15-16,19,21,23,30H,13-14H2,2-4H3,(H,26,37)/t16-,19+,21+,23+,24+,36?/m0/s1. The van der Waals surface area contributed by atoms with Crippen LogP contribution in [-0.4, -0.2) is 70.5 Å². The predicted molar refractivity (Wildman–Crippen MR) is 134 cm³/mol. The van der Waals surface area contributed by atoms with Crippen LogP contribution in [0.15, 0.2) is 42.6 Å². The minimum atomic E-state index is -3.52. The number of benzene rings is 1. The van der Waals surface area contributed by atoms with Gasteiger partial charge in [0, 0.05) is 6.20 Å². The van der Waals surface area contributed by atoms with Crippen molar-refractivity contribution in [3.8, 4) is 18.1 Å². The van der Waals surface area contributed by atoms with Crippen molar-refractivity contribution in [3.63, 3.8) is 0 Å². The van der Waals surface area contributed by atoms with Crippen molar-refractivity contribution in [2.45, 2.75) is 63.4 Å².